The molecular weight excluding hydrogens is 230 g/mol. The monoisotopic (exact) mass is 259 g/mol. The first-order valence-corrected chi connectivity index (χ1v) is 8.18. The Kier molecular flexibility index (Phi) is 6.43. The van der Waals surface area contributed by atoms with E-state index in [9.17, 15) is 0 Å². The average Bonchev–Trinajstić information content (AvgIpc) is 2.73. The summed E-state index contributed by atoms with van der Waals surface area (Å²) >= 11 is 0. The van der Waals surface area contributed by atoms with Gasteiger partial charge in [-0.15, -0.1) is 0 Å². The Hall–Kier alpha value is -0.820. The topological polar surface area (TPSA) is 12.0 Å². The highest BCUT2D eigenvalue weighted by Crippen LogP contribution is 2.29. The fourth-order valence-electron chi connectivity index (χ4n) is 3.37. The molecule has 1 N–H and O–H groups in total. The SMILES string of the molecule is CCNC(CCC1CCCCCC1)c1ccccc1. The maximum Gasteiger partial charge on any atom is 0.0320 e. The highest BCUT2D eigenvalue weighted by molar-refractivity contribution is 5.18. The van der Waals surface area contributed by atoms with E-state index in [1.807, 2.05) is 0 Å². The lowest BCUT2D eigenvalue weighted by atomic mass is 9.91. The van der Waals surface area contributed by atoms with Crippen LogP contribution in [0.2, 0.25) is 0 Å². The van der Waals surface area contributed by atoms with Crippen LogP contribution in [-0.2, 0) is 0 Å². The van der Waals surface area contributed by atoms with Crippen molar-refractivity contribution < 1.29 is 0 Å². The highest BCUT2D eigenvalue weighted by atomic mass is 14.9. The molecule has 0 saturated heterocycles. The van der Waals surface area contributed by atoms with Crippen LogP contribution in [0.1, 0.15) is 69.9 Å². The van der Waals surface area contributed by atoms with E-state index in [0.717, 1.165) is 12.5 Å². The third kappa shape index (κ3) is 4.99. The minimum absolute atomic E-state index is 0.550. The van der Waals surface area contributed by atoms with Gasteiger partial charge in [-0.25, -0.2) is 0 Å². The van der Waals surface area contributed by atoms with Gasteiger partial charge in [-0.1, -0.05) is 75.8 Å². The molecule has 0 amide bonds. The molecule has 1 aromatic rings. The average molecular weight is 259 g/mol. The Morgan fingerprint density at radius 2 is 1.74 bits per heavy atom. The predicted molar refractivity (Wildman–Crippen MR) is 83.3 cm³/mol. The first kappa shape index (κ1) is 14.6. The maximum absolute atomic E-state index is 3.65. The molecular formula is C18H29N. The maximum atomic E-state index is 3.65. The van der Waals surface area contributed by atoms with E-state index < -0.39 is 0 Å². The van der Waals surface area contributed by atoms with Gasteiger partial charge in [0.25, 0.3) is 0 Å². The zero-order chi connectivity index (χ0) is 13.3. The summed E-state index contributed by atoms with van der Waals surface area (Å²) in [5.74, 6) is 0.979. The van der Waals surface area contributed by atoms with Crippen molar-refractivity contribution in [2.45, 2.75) is 64.3 Å². The second-order valence-electron chi connectivity index (χ2n) is 5.96. The molecule has 19 heavy (non-hydrogen) atoms. The summed E-state index contributed by atoms with van der Waals surface area (Å²) in [7, 11) is 0. The molecule has 0 bridgehead atoms. The Bertz CT molecular complexity index is 325. The normalized spacial score (nSPS) is 19.0. The number of nitrogens with one attached hydrogen (secondary N) is 1. The van der Waals surface area contributed by atoms with E-state index in [-0.39, 0.29) is 0 Å². The van der Waals surface area contributed by atoms with Crippen molar-refractivity contribution in [1.29, 1.82) is 0 Å². The first-order valence-electron chi connectivity index (χ1n) is 8.18. The summed E-state index contributed by atoms with van der Waals surface area (Å²) in [6.07, 6.45) is 11.5. The molecule has 1 aliphatic rings. The minimum Gasteiger partial charge on any atom is -0.310 e. The second-order valence-corrected chi connectivity index (χ2v) is 5.96. The lowest BCUT2D eigenvalue weighted by molar-refractivity contribution is 0.377. The largest absolute Gasteiger partial charge is 0.310 e. The summed E-state index contributed by atoms with van der Waals surface area (Å²) in [6.45, 7) is 3.27. The smallest absolute Gasteiger partial charge is 0.0320 e. The van der Waals surface area contributed by atoms with Gasteiger partial charge in [0.1, 0.15) is 0 Å². The molecule has 1 saturated carbocycles. The number of hydrogen-bond acceptors (Lipinski definition) is 1. The van der Waals surface area contributed by atoms with Crippen LogP contribution in [0.4, 0.5) is 0 Å². The predicted octanol–water partition coefficient (Wildman–Crippen LogP) is 5.09. The zero-order valence-corrected chi connectivity index (χ0v) is 12.4. The van der Waals surface area contributed by atoms with Gasteiger partial charge in [-0.3, -0.25) is 0 Å². The van der Waals surface area contributed by atoms with E-state index >= 15 is 0 Å². The van der Waals surface area contributed by atoms with Crippen molar-refractivity contribution in [2.75, 3.05) is 6.54 Å². The number of rotatable bonds is 6. The minimum atomic E-state index is 0.550. The zero-order valence-electron chi connectivity index (χ0n) is 12.4. The second kappa shape index (κ2) is 8.37. The third-order valence-electron chi connectivity index (χ3n) is 4.49. The molecule has 0 spiro atoms. The quantitative estimate of drug-likeness (QED) is 0.702. The molecule has 1 nitrogen and oxygen atoms in total. The van der Waals surface area contributed by atoms with Crippen LogP contribution >= 0.6 is 0 Å². The molecule has 1 unspecified atom stereocenters. The fourth-order valence-corrected chi connectivity index (χ4v) is 3.37. The van der Waals surface area contributed by atoms with E-state index in [0.29, 0.717) is 6.04 Å². The van der Waals surface area contributed by atoms with Crippen LogP contribution in [0.15, 0.2) is 30.3 Å². The van der Waals surface area contributed by atoms with Gasteiger partial charge >= 0.3 is 0 Å². The summed E-state index contributed by atoms with van der Waals surface area (Å²) in [5, 5.41) is 3.65. The van der Waals surface area contributed by atoms with Crippen LogP contribution in [0.25, 0.3) is 0 Å². The van der Waals surface area contributed by atoms with Crippen LogP contribution in [0.3, 0.4) is 0 Å². The van der Waals surface area contributed by atoms with Crippen molar-refractivity contribution in [2.24, 2.45) is 5.92 Å². The molecule has 1 aromatic carbocycles. The summed E-state index contributed by atoms with van der Waals surface area (Å²) < 4.78 is 0. The van der Waals surface area contributed by atoms with Crippen LogP contribution in [0.5, 0.6) is 0 Å². The van der Waals surface area contributed by atoms with Gasteiger partial charge in [0.05, 0.1) is 0 Å². The molecule has 1 fully saturated rings. The summed E-state index contributed by atoms with van der Waals surface area (Å²) in [4.78, 5) is 0. The Labute approximate surface area is 118 Å². The highest BCUT2D eigenvalue weighted by Gasteiger charge is 2.16. The van der Waals surface area contributed by atoms with Crippen molar-refractivity contribution in [3.8, 4) is 0 Å². The summed E-state index contributed by atoms with van der Waals surface area (Å²) in [5.41, 5.74) is 1.46. The van der Waals surface area contributed by atoms with Crippen LogP contribution in [-0.4, -0.2) is 6.54 Å². The van der Waals surface area contributed by atoms with Crippen molar-refractivity contribution in [1.82, 2.24) is 5.32 Å². The third-order valence-corrected chi connectivity index (χ3v) is 4.49. The standard InChI is InChI=1S/C18H29N/c1-2-19-18(17-12-8-5-9-13-17)15-14-16-10-6-3-4-7-11-16/h5,8-9,12-13,16,18-19H,2-4,6-7,10-11,14-15H2,1H3. The Morgan fingerprint density at radius 3 is 2.37 bits per heavy atom. The molecule has 0 aliphatic heterocycles. The summed E-state index contributed by atoms with van der Waals surface area (Å²) in [6, 6.07) is 11.5. The number of benzene rings is 1. The van der Waals surface area contributed by atoms with E-state index in [4.69, 9.17) is 0 Å². The van der Waals surface area contributed by atoms with Gasteiger partial charge in [-0.05, 0) is 30.9 Å². The Balaban J connectivity index is 1.86. The molecule has 2 rings (SSSR count). The van der Waals surface area contributed by atoms with Crippen molar-refractivity contribution in [3.05, 3.63) is 35.9 Å². The molecule has 0 aromatic heterocycles. The van der Waals surface area contributed by atoms with Crippen LogP contribution < -0.4 is 5.32 Å². The fraction of sp³-hybridized carbons (Fsp3) is 0.667. The first-order chi connectivity index (χ1) is 9.40. The van der Waals surface area contributed by atoms with E-state index in [2.05, 4.69) is 42.6 Å². The lowest BCUT2D eigenvalue weighted by Crippen LogP contribution is -2.21. The van der Waals surface area contributed by atoms with Gasteiger partial charge in [0.15, 0.2) is 0 Å². The molecule has 1 heteroatoms. The van der Waals surface area contributed by atoms with Gasteiger partial charge < -0.3 is 5.32 Å². The van der Waals surface area contributed by atoms with E-state index in [1.54, 1.807) is 0 Å². The molecule has 0 radical (unpaired) electrons. The van der Waals surface area contributed by atoms with Gasteiger partial charge in [-0.2, -0.15) is 0 Å². The lowest BCUT2D eigenvalue weighted by Gasteiger charge is -2.21. The Morgan fingerprint density at radius 1 is 1.05 bits per heavy atom. The molecule has 1 atom stereocenters. The molecule has 0 heterocycles. The molecule has 1 aliphatic carbocycles. The van der Waals surface area contributed by atoms with Crippen LogP contribution in [0, 0.1) is 5.92 Å². The van der Waals surface area contributed by atoms with E-state index in [1.165, 1.54) is 56.9 Å². The van der Waals surface area contributed by atoms with Gasteiger partial charge in [0.2, 0.25) is 0 Å². The van der Waals surface area contributed by atoms with Crippen molar-refractivity contribution in [3.63, 3.8) is 0 Å². The molecule has 106 valence electrons. The van der Waals surface area contributed by atoms with Crippen molar-refractivity contribution >= 4 is 0 Å². The number of hydrogen-bond donors (Lipinski definition) is 1. The van der Waals surface area contributed by atoms with Gasteiger partial charge in [0, 0.05) is 6.04 Å².